The first-order chi connectivity index (χ1) is 5.59. The molecule has 0 saturated heterocycles. The van der Waals surface area contributed by atoms with Crippen LogP contribution in [0.3, 0.4) is 0 Å². The topological polar surface area (TPSA) is 61.0 Å². The third kappa shape index (κ3) is 1.91. The smallest absolute Gasteiger partial charge is 0.358 e. The second-order valence-corrected chi connectivity index (χ2v) is 2.59. The summed E-state index contributed by atoms with van der Waals surface area (Å²) >= 11 is 0. The fourth-order valence-electron chi connectivity index (χ4n) is 0.813. The van der Waals surface area contributed by atoms with E-state index in [9.17, 15) is 10.1 Å². The summed E-state index contributed by atoms with van der Waals surface area (Å²) in [5, 5.41) is 13.9. The van der Waals surface area contributed by atoms with Crippen LogP contribution in [0, 0.1) is 10.1 Å². The number of nitrogens with zero attached hydrogens (tertiary/aromatic N) is 3. The molecule has 64 valence electrons. The molecule has 0 aromatic carbocycles. The van der Waals surface area contributed by atoms with Gasteiger partial charge in [-0.25, -0.2) is 0 Å². The summed E-state index contributed by atoms with van der Waals surface area (Å²) in [6.07, 6.45) is 1.56. The highest BCUT2D eigenvalue weighted by molar-refractivity contribution is 5.14. The number of allylic oxidation sites excluding steroid dienone is 1. The minimum atomic E-state index is -0.519. The summed E-state index contributed by atoms with van der Waals surface area (Å²) in [6, 6.07) is 1.36. The third-order valence-electron chi connectivity index (χ3n) is 1.25. The molecule has 0 spiro atoms. The van der Waals surface area contributed by atoms with Gasteiger partial charge in [0, 0.05) is 0 Å². The quantitative estimate of drug-likeness (QED) is 0.388. The Morgan fingerprint density at radius 1 is 1.92 bits per heavy atom. The molecular weight excluding hydrogens is 158 g/mol. The number of hydrogen-bond donors (Lipinski definition) is 0. The lowest BCUT2D eigenvalue weighted by Crippen LogP contribution is -1.99. The van der Waals surface area contributed by atoms with E-state index in [2.05, 4.69) is 11.7 Å². The molecule has 0 bridgehead atoms. The average molecular weight is 167 g/mol. The second-order valence-electron chi connectivity index (χ2n) is 2.59. The van der Waals surface area contributed by atoms with E-state index in [0.717, 1.165) is 5.57 Å². The fraction of sp³-hybridized carbons (Fsp3) is 0.286. The van der Waals surface area contributed by atoms with Gasteiger partial charge < -0.3 is 10.1 Å². The summed E-state index contributed by atoms with van der Waals surface area (Å²) in [7, 11) is 0. The van der Waals surface area contributed by atoms with Crippen molar-refractivity contribution in [1.29, 1.82) is 0 Å². The van der Waals surface area contributed by atoms with Gasteiger partial charge in [-0.05, 0) is 11.8 Å². The van der Waals surface area contributed by atoms with E-state index in [-0.39, 0.29) is 5.82 Å². The standard InChI is InChI=1S/C7H9N3O2/c1-6(2)5-9-4-3-7(8-9)10(11)12/h3-4H,1,5H2,2H3. The van der Waals surface area contributed by atoms with Crippen LogP contribution < -0.4 is 0 Å². The molecule has 0 aliphatic heterocycles. The Bertz CT molecular complexity index is 316. The van der Waals surface area contributed by atoms with Crippen molar-refractivity contribution >= 4 is 5.82 Å². The zero-order chi connectivity index (χ0) is 9.14. The molecule has 0 aliphatic carbocycles. The molecule has 0 atom stereocenters. The Balaban J connectivity index is 2.77. The SMILES string of the molecule is C=C(C)Cn1ccc([N+](=O)[O-])n1. The minimum Gasteiger partial charge on any atom is -0.358 e. The fourth-order valence-corrected chi connectivity index (χ4v) is 0.813. The Hall–Kier alpha value is -1.65. The van der Waals surface area contributed by atoms with Crippen molar-refractivity contribution in [2.45, 2.75) is 13.5 Å². The van der Waals surface area contributed by atoms with E-state index in [1.807, 2.05) is 6.92 Å². The van der Waals surface area contributed by atoms with Gasteiger partial charge in [0.2, 0.25) is 0 Å². The van der Waals surface area contributed by atoms with E-state index in [1.165, 1.54) is 10.7 Å². The average Bonchev–Trinajstić information content (AvgIpc) is 2.34. The highest BCUT2D eigenvalue weighted by atomic mass is 16.6. The van der Waals surface area contributed by atoms with Gasteiger partial charge in [-0.2, -0.15) is 4.68 Å². The van der Waals surface area contributed by atoms with Gasteiger partial charge in [0.25, 0.3) is 0 Å². The van der Waals surface area contributed by atoms with E-state index in [4.69, 9.17) is 0 Å². The van der Waals surface area contributed by atoms with Gasteiger partial charge in [0.1, 0.15) is 0 Å². The number of aromatic nitrogens is 2. The molecule has 1 aromatic rings. The van der Waals surface area contributed by atoms with Gasteiger partial charge in [-0.3, -0.25) is 0 Å². The second kappa shape index (κ2) is 3.17. The molecule has 1 rings (SSSR count). The summed E-state index contributed by atoms with van der Waals surface area (Å²) < 4.78 is 1.49. The molecule has 5 heteroatoms. The number of rotatable bonds is 3. The lowest BCUT2D eigenvalue weighted by Gasteiger charge is -1.92. The molecule has 1 heterocycles. The normalized spacial score (nSPS) is 9.75. The summed E-state index contributed by atoms with van der Waals surface area (Å²) in [4.78, 5) is 9.69. The monoisotopic (exact) mass is 167 g/mol. The van der Waals surface area contributed by atoms with Crippen molar-refractivity contribution in [1.82, 2.24) is 9.78 Å². The molecule has 0 unspecified atom stereocenters. The first kappa shape index (κ1) is 8.45. The van der Waals surface area contributed by atoms with E-state index < -0.39 is 4.92 Å². The van der Waals surface area contributed by atoms with Crippen LogP contribution in [0.25, 0.3) is 0 Å². The Morgan fingerprint density at radius 2 is 2.58 bits per heavy atom. The summed E-state index contributed by atoms with van der Waals surface area (Å²) in [5.74, 6) is -0.128. The molecule has 0 N–H and O–H groups in total. The molecule has 0 fully saturated rings. The van der Waals surface area contributed by atoms with Crippen molar-refractivity contribution in [3.05, 3.63) is 34.5 Å². The van der Waals surface area contributed by atoms with E-state index >= 15 is 0 Å². The van der Waals surface area contributed by atoms with Crippen LogP contribution in [0.2, 0.25) is 0 Å². The predicted octanol–water partition coefficient (Wildman–Crippen LogP) is 1.37. The lowest BCUT2D eigenvalue weighted by molar-refractivity contribution is -0.389. The largest absolute Gasteiger partial charge is 0.389 e. The molecule has 0 amide bonds. The van der Waals surface area contributed by atoms with Gasteiger partial charge in [0.15, 0.2) is 0 Å². The molecule has 0 saturated carbocycles. The maximum Gasteiger partial charge on any atom is 0.389 e. The maximum atomic E-state index is 10.2. The van der Waals surface area contributed by atoms with Crippen molar-refractivity contribution in [2.24, 2.45) is 0 Å². The van der Waals surface area contributed by atoms with E-state index in [0.29, 0.717) is 6.54 Å². The van der Waals surface area contributed by atoms with Gasteiger partial charge in [-0.15, -0.1) is 0 Å². The van der Waals surface area contributed by atoms with Gasteiger partial charge in [-0.1, -0.05) is 12.2 Å². The van der Waals surface area contributed by atoms with Crippen LogP contribution in [-0.2, 0) is 6.54 Å². The van der Waals surface area contributed by atoms with Gasteiger partial charge in [0.05, 0.1) is 23.9 Å². The van der Waals surface area contributed by atoms with Crippen LogP contribution in [0.15, 0.2) is 24.4 Å². The maximum absolute atomic E-state index is 10.2. The van der Waals surface area contributed by atoms with Crippen LogP contribution in [0.4, 0.5) is 5.82 Å². The zero-order valence-electron chi connectivity index (χ0n) is 6.73. The highest BCUT2D eigenvalue weighted by Gasteiger charge is 2.09. The summed E-state index contributed by atoms with van der Waals surface area (Å²) in [5.41, 5.74) is 0.910. The Labute approximate surface area is 69.5 Å². The molecule has 12 heavy (non-hydrogen) atoms. The van der Waals surface area contributed by atoms with Crippen molar-refractivity contribution < 1.29 is 4.92 Å². The lowest BCUT2D eigenvalue weighted by atomic mass is 10.4. The molecular formula is C7H9N3O2. The Kier molecular flexibility index (Phi) is 2.23. The van der Waals surface area contributed by atoms with Crippen molar-refractivity contribution in [3.63, 3.8) is 0 Å². The van der Waals surface area contributed by atoms with E-state index in [1.54, 1.807) is 6.20 Å². The van der Waals surface area contributed by atoms with Crippen molar-refractivity contribution in [2.75, 3.05) is 0 Å². The first-order valence-corrected chi connectivity index (χ1v) is 3.42. The molecule has 0 aliphatic rings. The number of nitro groups is 1. The summed E-state index contributed by atoms with van der Waals surface area (Å²) in [6.45, 7) is 6.04. The van der Waals surface area contributed by atoms with Crippen LogP contribution in [0.1, 0.15) is 6.92 Å². The van der Waals surface area contributed by atoms with Crippen LogP contribution in [-0.4, -0.2) is 14.7 Å². The minimum absolute atomic E-state index is 0.128. The van der Waals surface area contributed by atoms with Crippen molar-refractivity contribution in [3.8, 4) is 0 Å². The zero-order valence-corrected chi connectivity index (χ0v) is 6.73. The van der Waals surface area contributed by atoms with Gasteiger partial charge >= 0.3 is 5.82 Å². The van der Waals surface area contributed by atoms with Crippen LogP contribution in [0.5, 0.6) is 0 Å². The predicted molar refractivity (Wildman–Crippen MR) is 43.7 cm³/mol. The molecule has 0 radical (unpaired) electrons. The highest BCUT2D eigenvalue weighted by Crippen LogP contribution is 2.06. The number of hydrogen-bond acceptors (Lipinski definition) is 3. The Morgan fingerprint density at radius 3 is 3.00 bits per heavy atom. The molecule has 5 nitrogen and oxygen atoms in total. The van der Waals surface area contributed by atoms with Crippen LogP contribution >= 0.6 is 0 Å². The first-order valence-electron chi connectivity index (χ1n) is 3.42. The molecule has 1 aromatic heterocycles. The third-order valence-corrected chi connectivity index (χ3v) is 1.25.